The van der Waals surface area contributed by atoms with Gasteiger partial charge in [-0.2, -0.15) is 0 Å². The number of methoxy groups -OCH3 is 1. The third-order valence-corrected chi connectivity index (χ3v) is 3.42. The molecule has 1 amide bonds. The lowest BCUT2D eigenvalue weighted by Gasteiger charge is -2.39. The third kappa shape index (κ3) is 4.52. The zero-order valence-electron chi connectivity index (χ0n) is 11.0. The summed E-state index contributed by atoms with van der Waals surface area (Å²) in [6, 6.07) is 0.121. The van der Waals surface area contributed by atoms with E-state index in [4.69, 9.17) is 5.11 Å². The molecule has 0 aliphatic carbocycles. The van der Waals surface area contributed by atoms with Crippen molar-refractivity contribution >= 4 is 6.09 Å². The molecule has 0 aromatic carbocycles. The number of aliphatic hydroxyl groups is 1. The minimum absolute atomic E-state index is 0.121. The third-order valence-electron chi connectivity index (χ3n) is 3.42. The van der Waals surface area contributed by atoms with E-state index < -0.39 is 0 Å². The van der Waals surface area contributed by atoms with Crippen LogP contribution in [0.15, 0.2) is 0 Å². The summed E-state index contributed by atoms with van der Waals surface area (Å²) in [5, 5.41) is 11.9. The Labute approximate surface area is 103 Å². The number of likely N-dealkylation sites (tertiary alicyclic amines) is 1. The lowest BCUT2D eigenvalue weighted by atomic mass is 9.85. The van der Waals surface area contributed by atoms with E-state index >= 15 is 0 Å². The molecule has 2 N–H and O–H groups in total. The lowest BCUT2D eigenvalue weighted by Crippen LogP contribution is -2.52. The van der Waals surface area contributed by atoms with Crippen LogP contribution in [0.4, 0.5) is 4.79 Å². The number of hydrogen-bond donors (Lipinski definition) is 2. The summed E-state index contributed by atoms with van der Waals surface area (Å²) in [6.45, 7) is 7.01. The molecule has 0 spiro atoms. The highest BCUT2D eigenvalue weighted by molar-refractivity contribution is 5.67. The zero-order valence-corrected chi connectivity index (χ0v) is 11.0. The van der Waals surface area contributed by atoms with E-state index in [9.17, 15) is 4.79 Å². The summed E-state index contributed by atoms with van der Waals surface area (Å²) in [6.07, 6.45) is 0.609. The van der Waals surface area contributed by atoms with Gasteiger partial charge in [0.2, 0.25) is 0 Å². The quantitative estimate of drug-likeness (QED) is 0.763. The predicted octanol–water partition coefficient (Wildman–Crippen LogP) is 0.681. The Balaban J connectivity index is 2.55. The van der Waals surface area contributed by atoms with Crippen molar-refractivity contribution in [2.24, 2.45) is 11.8 Å². The van der Waals surface area contributed by atoms with Crippen LogP contribution >= 0.6 is 0 Å². The van der Waals surface area contributed by atoms with E-state index in [2.05, 4.69) is 28.8 Å². The molecular formula is C12H24N2O3. The molecule has 1 fully saturated rings. The second-order valence-corrected chi connectivity index (χ2v) is 5.06. The minimum atomic E-state index is -0.372. The Hall–Kier alpha value is -0.810. The number of carbonyl (C=O) groups is 1. The van der Waals surface area contributed by atoms with Crippen molar-refractivity contribution in [2.45, 2.75) is 26.3 Å². The number of alkyl carbamates (subject to hydrolysis) is 1. The van der Waals surface area contributed by atoms with Crippen LogP contribution in [0.5, 0.6) is 0 Å². The van der Waals surface area contributed by atoms with Crippen molar-refractivity contribution in [3.05, 3.63) is 0 Å². The average molecular weight is 244 g/mol. The van der Waals surface area contributed by atoms with Gasteiger partial charge in [0.25, 0.3) is 0 Å². The largest absolute Gasteiger partial charge is 0.453 e. The van der Waals surface area contributed by atoms with Gasteiger partial charge in [-0.3, -0.25) is 4.90 Å². The monoisotopic (exact) mass is 244 g/mol. The van der Waals surface area contributed by atoms with Crippen LogP contribution in [0.25, 0.3) is 0 Å². The Morgan fingerprint density at radius 3 is 2.76 bits per heavy atom. The molecule has 0 aromatic rings. The van der Waals surface area contributed by atoms with Crippen molar-refractivity contribution in [1.82, 2.24) is 10.2 Å². The zero-order chi connectivity index (χ0) is 12.8. The van der Waals surface area contributed by atoms with Gasteiger partial charge in [-0.25, -0.2) is 4.79 Å². The highest BCUT2D eigenvalue weighted by Gasteiger charge is 2.29. The number of carbonyl (C=O) groups excluding carboxylic acids is 1. The summed E-state index contributed by atoms with van der Waals surface area (Å²) in [7, 11) is 1.38. The maximum Gasteiger partial charge on any atom is 0.407 e. The summed E-state index contributed by atoms with van der Waals surface area (Å²) in [5.41, 5.74) is 0. The summed E-state index contributed by atoms with van der Waals surface area (Å²) in [4.78, 5) is 13.4. The van der Waals surface area contributed by atoms with Gasteiger partial charge in [0.15, 0.2) is 0 Å². The van der Waals surface area contributed by atoms with E-state index in [1.807, 2.05) is 0 Å². The molecule has 1 aliphatic heterocycles. The fourth-order valence-corrected chi connectivity index (χ4v) is 2.37. The van der Waals surface area contributed by atoms with Crippen LogP contribution in [0, 0.1) is 11.8 Å². The number of rotatable bonds is 4. The van der Waals surface area contributed by atoms with E-state index in [1.54, 1.807) is 0 Å². The molecule has 100 valence electrons. The maximum absolute atomic E-state index is 11.2. The number of nitrogens with zero attached hydrogens (tertiary/aromatic N) is 1. The van der Waals surface area contributed by atoms with E-state index in [1.165, 1.54) is 7.11 Å². The van der Waals surface area contributed by atoms with Gasteiger partial charge in [0, 0.05) is 25.7 Å². The molecule has 1 saturated heterocycles. The average Bonchev–Trinajstić information content (AvgIpc) is 2.29. The number of nitrogens with one attached hydrogen (secondary N) is 1. The number of β-amino-alcohol motifs (C(OH)–C–C–N with tert-alkyl or cyclic N) is 1. The van der Waals surface area contributed by atoms with E-state index in [0.29, 0.717) is 18.4 Å². The second kappa shape index (κ2) is 6.81. The van der Waals surface area contributed by atoms with Crippen molar-refractivity contribution in [2.75, 3.05) is 33.4 Å². The van der Waals surface area contributed by atoms with Gasteiger partial charge in [0.1, 0.15) is 0 Å². The van der Waals surface area contributed by atoms with Crippen LogP contribution in [0.2, 0.25) is 0 Å². The van der Waals surface area contributed by atoms with Crippen LogP contribution in [0.1, 0.15) is 20.3 Å². The first-order chi connectivity index (χ1) is 8.06. The molecule has 0 bridgehead atoms. The highest BCUT2D eigenvalue weighted by atomic mass is 16.5. The molecular weight excluding hydrogens is 220 g/mol. The molecule has 17 heavy (non-hydrogen) atoms. The summed E-state index contributed by atoms with van der Waals surface area (Å²) >= 11 is 0. The molecule has 1 rings (SSSR count). The number of aliphatic hydroxyl groups excluding tert-OH is 1. The molecule has 1 heterocycles. The number of amides is 1. The molecule has 0 aromatic heterocycles. The molecule has 0 saturated carbocycles. The Morgan fingerprint density at radius 2 is 2.24 bits per heavy atom. The van der Waals surface area contributed by atoms with Crippen molar-refractivity contribution < 1.29 is 14.6 Å². The fourth-order valence-electron chi connectivity index (χ4n) is 2.37. The van der Waals surface area contributed by atoms with Crippen molar-refractivity contribution in [3.8, 4) is 0 Å². The van der Waals surface area contributed by atoms with Gasteiger partial charge >= 0.3 is 6.09 Å². The first-order valence-electron chi connectivity index (χ1n) is 6.24. The lowest BCUT2D eigenvalue weighted by molar-refractivity contribution is 0.0920. The Kier molecular flexibility index (Phi) is 5.71. The SMILES string of the molecule is COC(=O)NC1CC(C(C)C)CN(CCO)C1. The van der Waals surface area contributed by atoms with Gasteiger partial charge in [-0.05, 0) is 18.3 Å². The topological polar surface area (TPSA) is 61.8 Å². The number of ether oxygens (including phenoxy) is 1. The van der Waals surface area contributed by atoms with Crippen LogP contribution in [0.3, 0.4) is 0 Å². The van der Waals surface area contributed by atoms with Gasteiger partial charge < -0.3 is 15.2 Å². The number of piperidine rings is 1. The summed E-state index contributed by atoms with van der Waals surface area (Å²) in [5.74, 6) is 1.14. The first kappa shape index (κ1) is 14.3. The van der Waals surface area contributed by atoms with Gasteiger partial charge in [-0.1, -0.05) is 13.8 Å². The van der Waals surface area contributed by atoms with Gasteiger partial charge in [0.05, 0.1) is 13.7 Å². The second-order valence-electron chi connectivity index (χ2n) is 5.06. The fraction of sp³-hybridized carbons (Fsp3) is 0.917. The molecule has 2 atom stereocenters. The van der Waals surface area contributed by atoms with E-state index in [0.717, 1.165) is 19.5 Å². The van der Waals surface area contributed by atoms with Crippen LogP contribution < -0.4 is 5.32 Å². The smallest absolute Gasteiger partial charge is 0.407 e. The van der Waals surface area contributed by atoms with Gasteiger partial charge in [-0.15, -0.1) is 0 Å². The standard InChI is InChI=1S/C12H24N2O3/c1-9(2)10-6-11(13-12(16)17-3)8-14(7-10)4-5-15/h9-11,15H,4-8H2,1-3H3,(H,13,16). The maximum atomic E-state index is 11.2. The minimum Gasteiger partial charge on any atom is -0.453 e. The van der Waals surface area contributed by atoms with Crippen LogP contribution in [-0.2, 0) is 4.74 Å². The van der Waals surface area contributed by atoms with Crippen molar-refractivity contribution in [1.29, 1.82) is 0 Å². The first-order valence-corrected chi connectivity index (χ1v) is 6.24. The van der Waals surface area contributed by atoms with Crippen LogP contribution in [-0.4, -0.2) is 55.5 Å². The van der Waals surface area contributed by atoms with Crippen molar-refractivity contribution in [3.63, 3.8) is 0 Å². The normalized spacial score (nSPS) is 25.9. The molecule has 1 aliphatic rings. The van der Waals surface area contributed by atoms with E-state index in [-0.39, 0.29) is 18.7 Å². The predicted molar refractivity (Wildman–Crippen MR) is 65.8 cm³/mol. The Bertz CT molecular complexity index is 246. The molecule has 0 radical (unpaired) electrons. The number of hydrogen-bond acceptors (Lipinski definition) is 4. The molecule has 5 heteroatoms. The molecule has 5 nitrogen and oxygen atoms in total. The highest BCUT2D eigenvalue weighted by Crippen LogP contribution is 2.23. The summed E-state index contributed by atoms with van der Waals surface area (Å²) < 4.78 is 4.63. The Morgan fingerprint density at radius 1 is 1.53 bits per heavy atom. The molecule has 2 unspecified atom stereocenters.